The van der Waals surface area contributed by atoms with Crippen molar-refractivity contribution in [3.8, 4) is 11.5 Å². The van der Waals surface area contributed by atoms with E-state index in [0.717, 1.165) is 10.9 Å². The molecule has 45 heavy (non-hydrogen) atoms. The Kier molecular flexibility index (Phi) is 6.92. The molecule has 7 heterocycles. The number of hydrogen-bond acceptors (Lipinski definition) is 19. The molecule has 0 aromatic carbocycles. The number of anilines is 2. The van der Waals surface area contributed by atoms with E-state index in [1.165, 1.54) is 4.90 Å². The molecule has 1 amide bonds. The Morgan fingerprint density at radius 3 is 2.84 bits per heavy atom. The first-order valence-corrected chi connectivity index (χ1v) is 17.1. The number of imidazole rings is 1. The number of fused-ring (bicyclic) bond motifs is 5. The second-order valence-corrected chi connectivity index (χ2v) is 14.1. The molecule has 2 unspecified atom stereocenters. The standard InChI is InChI=1S/C20H23N9O13P2S/c21-20-26-15-9(17(33)27-20)25-5-29(15)19-13-10(30)6(39-19)1-38-44(36,45)42-12-7(2-37-43(34,35)41-13)40-18(11(12)31)28-4-24-8-14(28)22-3-23-16(8)32/h1,5,8,10,14,22,24,30-31,34-35,43H,2-4H2,(H,23,32)(H,36,45)(H3,21,26,27,33)/b6-1+/t8-,10-,14?,44?/m1/s1. The number of nitrogens with zero attached hydrogens (tertiary/aromatic N) is 4. The molecule has 0 spiro atoms. The number of thiol groups is 1. The van der Waals surface area contributed by atoms with Gasteiger partial charge in [-0.1, -0.05) is 0 Å². The zero-order valence-electron chi connectivity index (χ0n) is 22.2. The number of furan rings is 1. The Morgan fingerprint density at radius 1 is 1.24 bits per heavy atom. The molecule has 7 rings (SSSR count). The number of hydrogen-bond donors (Lipinski definition) is 10. The maximum atomic E-state index is 13.3. The maximum absolute atomic E-state index is 13.3. The van der Waals surface area contributed by atoms with Crippen molar-refractivity contribution < 1.29 is 56.6 Å². The van der Waals surface area contributed by atoms with E-state index in [1.54, 1.807) is 0 Å². The van der Waals surface area contributed by atoms with Crippen LogP contribution in [0.25, 0.3) is 17.0 Å². The molecular weight excluding hydrogens is 668 g/mol. The van der Waals surface area contributed by atoms with Crippen molar-refractivity contribution in [1.29, 1.82) is 0 Å². The number of aromatic nitrogens is 4. The third-order valence-electron chi connectivity index (χ3n) is 6.87. The van der Waals surface area contributed by atoms with Crippen LogP contribution in [0.4, 0.5) is 11.8 Å². The van der Waals surface area contributed by atoms with Gasteiger partial charge in [0.1, 0.15) is 0 Å². The van der Waals surface area contributed by atoms with E-state index >= 15 is 0 Å². The third kappa shape index (κ3) is 5.13. The van der Waals surface area contributed by atoms with Crippen molar-refractivity contribution in [2.75, 3.05) is 24.0 Å². The van der Waals surface area contributed by atoms with Gasteiger partial charge in [-0.05, 0) is 0 Å². The molecule has 10 N–H and O–H groups in total. The number of nitrogens with one attached hydrogen (secondary N) is 4. The number of rotatable bonds is 2. The fraction of sp³-hybridized carbons (Fsp3) is 0.300. The van der Waals surface area contributed by atoms with Crippen LogP contribution in [0.3, 0.4) is 0 Å². The van der Waals surface area contributed by atoms with Gasteiger partial charge in [-0.15, -0.1) is 0 Å². The summed E-state index contributed by atoms with van der Waals surface area (Å²) >= 11 is 3.93. The zero-order chi connectivity index (χ0) is 31.8. The Bertz CT molecular complexity index is 1910. The second-order valence-electron chi connectivity index (χ2n) is 9.72. The minimum atomic E-state index is -5.30. The van der Waals surface area contributed by atoms with Crippen molar-refractivity contribution in [3.05, 3.63) is 40.2 Å². The summed E-state index contributed by atoms with van der Waals surface area (Å²) in [7, 11) is -5.30. The number of ether oxygens (including phenoxy) is 1. The molecule has 3 aromatic heterocycles. The van der Waals surface area contributed by atoms with E-state index in [0.29, 0.717) is 6.26 Å². The summed E-state index contributed by atoms with van der Waals surface area (Å²) in [6.07, 6.45) is -0.903. The summed E-state index contributed by atoms with van der Waals surface area (Å²) in [4.78, 5) is 57.7. The number of aromatic amines is 1. The fourth-order valence-electron chi connectivity index (χ4n) is 4.91. The van der Waals surface area contributed by atoms with E-state index in [4.69, 9.17) is 33.0 Å². The molecule has 4 atom stereocenters. The molecule has 3 aromatic rings. The van der Waals surface area contributed by atoms with Gasteiger partial charge in [0.15, 0.2) is 0 Å². The van der Waals surface area contributed by atoms with Gasteiger partial charge in [0.05, 0.1) is 0 Å². The molecule has 2 fully saturated rings. The van der Waals surface area contributed by atoms with Gasteiger partial charge in [-0.2, -0.15) is 0 Å². The van der Waals surface area contributed by atoms with Crippen LogP contribution in [0, 0.1) is 0 Å². The first-order chi connectivity index (χ1) is 21.3. The Hall–Kier alpha value is -4.05. The number of nitrogens with two attached hydrogens (primary N) is 1. The Labute approximate surface area is 254 Å². The summed E-state index contributed by atoms with van der Waals surface area (Å²) in [5, 5.41) is 30.6. The van der Waals surface area contributed by atoms with Gasteiger partial charge >= 0.3 is 255 Å². The minimum absolute atomic E-state index is 0.0148. The molecule has 0 aliphatic carbocycles. The van der Waals surface area contributed by atoms with Crippen LogP contribution in [0.2, 0.25) is 0 Å². The number of H-pyrrole nitrogens is 1. The van der Waals surface area contributed by atoms with Gasteiger partial charge < -0.3 is 0 Å². The average Bonchev–Trinajstić information content (AvgIpc) is 3.72. The molecular formula is C20H23N9O13P2S. The summed E-state index contributed by atoms with van der Waals surface area (Å²) in [6.45, 7) is -5.25. The third-order valence-corrected chi connectivity index (χ3v) is 9.19. The van der Waals surface area contributed by atoms with E-state index in [-0.39, 0.29) is 42.2 Å². The number of aromatic hydroxyl groups is 1. The van der Waals surface area contributed by atoms with Crippen LogP contribution in [0.15, 0.2) is 33.3 Å². The van der Waals surface area contributed by atoms with Crippen molar-refractivity contribution in [2.24, 2.45) is 0 Å². The molecule has 242 valence electrons. The molecule has 2 saturated heterocycles. The van der Waals surface area contributed by atoms with E-state index < -0.39 is 80.1 Å². The quantitative estimate of drug-likeness (QED) is 0.104. The van der Waals surface area contributed by atoms with E-state index in [1.807, 2.05) is 0 Å². The molecule has 2 bridgehead atoms. The predicted molar refractivity (Wildman–Crippen MR) is 152 cm³/mol. The van der Waals surface area contributed by atoms with Gasteiger partial charge in [-0.25, -0.2) is 0 Å². The summed E-state index contributed by atoms with van der Waals surface area (Å²) in [5.41, 5.74) is 4.59. The first-order valence-electron chi connectivity index (χ1n) is 12.7. The fourth-order valence-corrected chi connectivity index (χ4v) is 6.86. The summed E-state index contributed by atoms with van der Waals surface area (Å²) in [5.74, 6) is -4.21. The second kappa shape index (κ2) is 10.5. The molecule has 4 aliphatic rings. The van der Waals surface area contributed by atoms with Crippen LogP contribution in [-0.2, 0) is 34.3 Å². The monoisotopic (exact) mass is 691 g/mol. The van der Waals surface area contributed by atoms with Gasteiger partial charge in [0, 0.05) is 0 Å². The normalized spacial score (nSPS) is 29.8. The topological polar surface area (TPSA) is 303 Å². The number of aliphatic hydroxyl groups excluding tert-OH is 1. The Morgan fingerprint density at radius 2 is 2.04 bits per heavy atom. The number of amides is 1. The predicted octanol–water partition coefficient (Wildman–Crippen LogP) is -1.83. The molecule has 25 heteroatoms. The van der Waals surface area contributed by atoms with Crippen LogP contribution in [-0.4, -0.2) is 77.1 Å². The van der Waals surface area contributed by atoms with Crippen molar-refractivity contribution >= 4 is 62.0 Å². The van der Waals surface area contributed by atoms with Crippen LogP contribution in [0.1, 0.15) is 5.76 Å². The van der Waals surface area contributed by atoms with Crippen LogP contribution in [0.5, 0.6) is 11.5 Å². The Balaban J connectivity index is 1.27. The number of nitrogen functional groups attached to an aromatic ring is 1. The van der Waals surface area contributed by atoms with Crippen molar-refractivity contribution in [3.63, 3.8) is 0 Å². The molecule has 0 radical (unpaired) electrons. The van der Waals surface area contributed by atoms with Crippen LogP contribution < -0.4 is 36.7 Å². The van der Waals surface area contributed by atoms with Crippen LogP contribution >= 0.6 is 27.2 Å². The number of carbonyl (C=O) groups is 1. The number of carbonyl (C=O) groups excluding carboxylic acids is 1. The van der Waals surface area contributed by atoms with Gasteiger partial charge in [0.2, 0.25) is 0 Å². The summed E-state index contributed by atoms with van der Waals surface area (Å²) in [6, 6.07) is -0.721. The van der Waals surface area contributed by atoms with E-state index in [9.17, 15) is 34.2 Å². The average molecular weight is 691 g/mol. The number of aliphatic hydroxyl groups is 1. The zero-order valence-corrected chi connectivity index (χ0v) is 25.0. The van der Waals surface area contributed by atoms with Crippen molar-refractivity contribution in [1.82, 2.24) is 35.5 Å². The molecule has 22 nitrogen and oxygen atoms in total. The van der Waals surface area contributed by atoms with E-state index in [2.05, 4.69) is 43.2 Å². The van der Waals surface area contributed by atoms with Gasteiger partial charge in [-0.3, -0.25) is 0 Å². The SMILES string of the molecule is Nc1nc2c(ncn2C2=C3O[PH](O)(O)OCc4oc(N5CN[C@H]6C(=O)NCNC65)c(O)c4OP(=O)(S)O/C=C(/O2)[C@H]3O)c(=O)[nH]1. The van der Waals surface area contributed by atoms with Gasteiger partial charge in [0.25, 0.3) is 0 Å². The van der Waals surface area contributed by atoms with Crippen molar-refractivity contribution in [2.45, 2.75) is 24.9 Å². The summed E-state index contributed by atoms with van der Waals surface area (Å²) < 4.78 is 46.8. The molecule has 4 aliphatic heterocycles. The molecule has 0 saturated carbocycles. The first kappa shape index (κ1) is 29.6.